The Kier molecular flexibility index (Phi) is 5.10. The molecule has 0 saturated carbocycles. The fraction of sp³-hybridized carbons (Fsp3) is 0.0455. The zero-order valence-corrected chi connectivity index (χ0v) is 15.8. The van der Waals surface area contributed by atoms with E-state index in [0.717, 1.165) is 6.07 Å². The van der Waals surface area contributed by atoms with Gasteiger partial charge in [0.05, 0.1) is 16.1 Å². The van der Waals surface area contributed by atoms with E-state index in [1.807, 2.05) is 6.07 Å². The van der Waals surface area contributed by atoms with Crippen LogP contribution in [0, 0.1) is 5.82 Å². The molecule has 7 heteroatoms. The molecule has 0 N–H and O–H groups in total. The van der Waals surface area contributed by atoms with Crippen molar-refractivity contribution in [3.05, 3.63) is 105 Å². The van der Waals surface area contributed by atoms with E-state index in [1.54, 1.807) is 48.5 Å². The Hall–Kier alpha value is -3.51. The predicted molar refractivity (Wildman–Crippen MR) is 108 cm³/mol. The topological polar surface area (TPSA) is 61.2 Å². The van der Waals surface area contributed by atoms with Gasteiger partial charge in [-0.25, -0.2) is 9.18 Å². The number of halogens is 2. The number of para-hydroxylation sites is 1. The Labute approximate surface area is 169 Å². The Morgan fingerprint density at radius 1 is 1.00 bits per heavy atom. The van der Waals surface area contributed by atoms with E-state index in [-0.39, 0.29) is 22.9 Å². The first-order valence-electron chi connectivity index (χ1n) is 8.73. The lowest BCUT2D eigenvalue weighted by molar-refractivity contribution is 0.0466. The lowest BCUT2D eigenvalue weighted by Crippen LogP contribution is -2.25. The van der Waals surface area contributed by atoms with Crippen LogP contribution in [0.15, 0.2) is 77.6 Å². The first-order chi connectivity index (χ1) is 14.0. The second-order valence-corrected chi connectivity index (χ2v) is 6.67. The summed E-state index contributed by atoms with van der Waals surface area (Å²) in [4.78, 5) is 25.6. The molecule has 0 aliphatic carbocycles. The molecular weight excluding hydrogens is 395 g/mol. The molecule has 0 spiro atoms. The molecule has 1 heterocycles. The molecule has 0 unspecified atom stereocenters. The van der Waals surface area contributed by atoms with E-state index in [2.05, 4.69) is 5.10 Å². The number of carbonyl (C=O) groups excluding carboxylic acids is 1. The SMILES string of the molecule is O=C(OCc1ccc(F)cc1Cl)c1nn(-c2ccccc2)c(=O)c2ccccc12. The summed E-state index contributed by atoms with van der Waals surface area (Å²) >= 11 is 5.99. The third kappa shape index (κ3) is 3.75. The standard InChI is InChI=1S/C22H14ClFN2O3/c23-19-12-15(24)11-10-14(19)13-29-22(28)20-17-8-4-5-9-18(17)21(27)26(25-20)16-6-2-1-3-7-16/h1-12H,13H2. The largest absolute Gasteiger partial charge is 0.456 e. The minimum atomic E-state index is -0.716. The van der Waals surface area contributed by atoms with Gasteiger partial charge in [0.2, 0.25) is 0 Å². The molecule has 1 aromatic heterocycles. The van der Waals surface area contributed by atoms with Gasteiger partial charge in [-0.05, 0) is 30.3 Å². The summed E-state index contributed by atoms with van der Waals surface area (Å²) in [6.45, 7) is -0.154. The monoisotopic (exact) mass is 408 g/mol. The lowest BCUT2D eigenvalue weighted by atomic mass is 10.1. The highest BCUT2D eigenvalue weighted by Gasteiger charge is 2.19. The molecule has 0 fully saturated rings. The minimum absolute atomic E-state index is 0.00212. The summed E-state index contributed by atoms with van der Waals surface area (Å²) < 4.78 is 19.7. The van der Waals surface area contributed by atoms with Gasteiger partial charge in [-0.1, -0.05) is 54.1 Å². The highest BCUT2D eigenvalue weighted by molar-refractivity contribution is 6.31. The smallest absolute Gasteiger partial charge is 0.359 e. The van der Waals surface area contributed by atoms with E-state index in [4.69, 9.17) is 16.3 Å². The van der Waals surface area contributed by atoms with Gasteiger partial charge < -0.3 is 4.74 Å². The van der Waals surface area contributed by atoms with Gasteiger partial charge >= 0.3 is 5.97 Å². The maximum absolute atomic E-state index is 13.2. The molecule has 4 aromatic rings. The molecular formula is C22H14ClFN2O3. The molecule has 0 bridgehead atoms. The van der Waals surface area contributed by atoms with Crippen LogP contribution in [-0.2, 0) is 11.3 Å². The van der Waals surface area contributed by atoms with Crippen molar-refractivity contribution in [3.8, 4) is 5.69 Å². The van der Waals surface area contributed by atoms with Crippen LogP contribution in [-0.4, -0.2) is 15.7 Å². The van der Waals surface area contributed by atoms with Crippen LogP contribution in [0.5, 0.6) is 0 Å². The van der Waals surface area contributed by atoms with Crippen molar-refractivity contribution in [1.82, 2.24) is 9.78 Å². The second kappa shape index (κ2) is 7.85. The summed E-state index contributed by atoms with van der Waals surface area (Å²) in [6.07, 6.45) is 0. The first kappa shape index (κ1) is 18.8. The summed E-state index contributed by atoms with van der Waals surface area (Å²) in [7, 11) is 0. The van der Waals surface area contributed by atoms with Crippen LogP contribution in [0.3, 0.4) is 0 Å². The maximum Gasteiger partial charge on any atom is 0.359 e. The van der Waals surface area contributed by atoms with Gasteiger partial charge in [0.1, 0.15) is 12.4 Å². The van der Waals surface area contributed by atoms with Crippen LogP contribution in [0.25, 0.3) is 16.5 Å². The van der Waals surface area contributed by atoms with Crippen LogP contribution in [0.2, 0.25) is 5.02 Å². The molecule has 0 amide bonds. The van der Waals surface area contributed by atoms with Crippen molar-refractivity contribution in [3.63, 3.8) is 0 Å². The minimum Gasteiger partial charge on any atom is -0.456 e. The molecule has 4 rings (SSSR count). The number of rotatable bonds is 4. The van der Waals surface area contributed by atoms with Crippen molar-refractivity contribution < 1.29 is 13.9 Å². The van der Waals surface area contributed by atoms with Crippen molar-refractivity contribution in [2.75, 3.05) is 0 Å². The van der Waals surface area contributed by atoms with Crippen molar-refractivity contribution in [1.29, 1.82) is 0 Å². The molecule has 0 radical (unpaired) electrons. The van der Waals surface area contributed by atoms with E-state index in [9.17, 15) is 14.0 Å². The number of hydrogen-bond acceptors (Lipinski definition) is 4. The number of aromatic nitrogens is 2. The average Bonchev–Trinajstić information content (AvgIpc) is 2.74. The highest BCUT2D eigenvalue weighted by atomic mass is 35.5. The Bertz CT molecular complexity index is 1270. The fourth-order valence-corrected chi connectivity index (χ4v) is 3.16. The fourth-order valence-electron chi connectivity index (χ4n) is 2.93. The molecule has 29 heavy (non-hydrogen) atoms. The molecule has 5 nitrogen and oxygen atoms in total. The van der Waals surface area contributed by atoms with Crippen LogP contribution < -0.4 is 5.56 Å². The third-order valence-electron chi connectivity index (χ3n) is 4.37. The predicted octanol–water partition coefficient (Wildman–Crippen LogP) is 4.54. The molecule has 0 aliphatic rings. The Morgan fingerprint density at radius 3 is 2.41 bits per heavy atom. The number of ether oxygens (including phenoxy) is 1. The maximum atomic E-state index is 13.2. The van der Waals surface area contributed by atoms with E-state index in [1.165, 1.54) is 16.8 Å². The Balaban J connectivity index is 1.75. The molecule has 0 atom stereocenters. The van der Waals surface area contributed by atoms with Gasteiger partial charge in [-0.3, -0.25) is 4.79 Å². The van der Waals surface area contributed by atoms with E-state index in [0.29, 0.717) is 22.0 Å². The summed E-state index contributed by atoms with van der Waals surface area (Å²) in [5.41, 5.74) is 0.646. The van der Waals surface area contributed by atoms with Gasteiger partial charge in [-0.2, -0.15) is 9.78 Å². The van der Waals surface area contributed by atoms with Crippen LogP contribution >= 0.6 is 11.6 Å². The second-order valence-electron chi connectivity index (χ2n) is 6.26. The van der Waals surface area contributed by atoms with E-state index >= 15 is 0 Å². The van der Waals surface area contributed by atoms with Crippen LogP contribution in [0.4, 0.5) is 4.39 Å². The molecule has 144 valence electrons. The van der Waals surface area contributed by atoms with Gasteiger partial charge in [0.25, 0.3) is 5.56 Å². The quantitative estimate of drug-likeness (QED) is 0.465. The Morgan fingerprint density at radius 2 is 1.69 bits per heavy atom. The van der Waals surface area contributed by atoms with Gasteiger partial charge in [-0.15, -0.1) is 0 Å². The summed E-state index contributed by atoms with van der Waals surface area (Å²) in [6, 6.07) is 19.3. The number of hydrogen-bond donors (Lipinski definition) is 0. The molecule has 0 aliphatic heterocycles. The zero-order valence-electron chi connectivity index (χ0n) is 15.0. The molecule has 0 saturated heterocycles. The highest BCUT2D eigenvalue weighted by Crippen LogP contribution is 2.20. The molecule has 3 aromatic carbocycles. The number of benzene rings is 3. The summed E-state index contributed by atoms with van der Waals surface area (Å²) in [5, 5.41) is 5.15. The average molecular weight is 409 g/mol. The van der Waals surface area contributed by atoms with Crippen molar-refractivity contribution in [2.45, 2.75) is 6.61 Å². The van der Waals surface area contributed by atoms with Gasteiger partial charge in [0, 0.05) is 10.9 Å². The number of esters is 1. The summed E-state index contributed by atoms with van der Waals surface area (Å²) in [5.74, 6) is -1.20. The normalized spacial score (nSPS) is 10.8. The van der Waals surface area contributed by atoms with E-state index < -0.39 is 11.8 Å². The number of nitrogens with zero attached hydrogens (tertiary/aromatic N) is 2. The third-order valence-corrected chi connectivity index (χ3v) is 4.72. The first-order valence-corrected chi connectivity index (χ1v) is 9.11. The van der Waals surface area contributed by atoms with Crippen molar-refractivity contribution in [2.24, 2.45) is 0 Å². The van der Waals surface area contributed by atoms with Gasteiger partial charge in [0.15, 0.2) is 5.69 Å². The lowest BCUT2D eigenvalue weighted by Gasteiger charge is -2.11. The van der Waals surface area contributed by atoms with Crippen LogP contribution in [0.1, 0.15) is 16.1 Å². The number of carbonyl (C=O) groups is 1. The van der Waals surface area contributed by atoms with Crippen molar-refractivity contribution >= 4 is 28.3 Å². The number of fused-ring (bicyclic) bond motifs is 1. The zero-order chi connectivity index (χ0) is 20.4.